The number of ether oxygens (including phenoxy) is 2. The van der Waals surface area contributed by atoms with Crippen molar-refractivity contribution in [3.63, 3.8) is 0 Å². The fourth-order valence-electron chi connectivity index (χ4n) is 1.52. The summed E-state index contributed by atoms with van der Waals surface area (Å²) in [5.41, 5.74) is 0. The predicted molar refractivity (Wildman–Crippen MR) is 87.4 cm³/mol. The number of halogens is 1. The molecule has 0 aliphatic carbocycles. The van der Waals surface area contributed by atoms with Crippen LogP contribution in [0.5, 0.6) is 0 Å². The molecule has 1 aromatic rings. The van der Waals surface area contributed by atoms with E-state index in [1.807, 2.05) is 5.32 Å². The zero-order valence-corrected chi connectivity index (χ0v) is 14.9. The van der Waals surface area contributed by atoms with Crippen molar-refractivity contribution in [3.8, 4) is 0 Å². The molecule has 0 aromatic heterocycles. The summed E-state index contributed by atoms with van der Waals surface area (Å²) in [6.07, 6.45) is -1.24. The van der Waals surface area contributed by atoms with E-state index in [-0.39, 0.29) is 24.5 Å². The zero-order chi connectivity index (χ0) is 18.9. The summed E-state index contributed by atoms with van der Waals surface area (Å²) in [7, 11) is -3.78. The van der Waals surface area contributed by atoms with Crippen LogP contribution in [0.2, 0.25) is 5.02 Å². The normalized spacial score (nSPS) is 10.8. The smallest absolute Gasteiger partial charge is 0.413 e. The van der Waals surface area contributed by atoms with E-state index in [0.717, 1.165) is 0 Å². The molecule has 0 spiro atoms. The van der Waals surface area contributed by atoms with Gasteiger partial charge in [-0.1, -0.05) is 11.6 Å². The van der Waals surface area contributed by atoms with E-state index in [2.05, 4.69) is 14.2 Å². The lowest BCUT2D eigenvalue weighted by molar-refractivity contribution is -0.148. The monoisotopic (exact) mass is 392 g/mol. The van der Waals surface area contributed by atoms with Gasteiger partial charge >= 0.3 is 12.1 Å². The van der Waals surface area contributed by atoms with Crippen LogP contribution in [-0.2, 0) is 29.1 Å². The number of carbonyl (C=O) groups is 3. The van der Waals surface area contributed by atoms with Gasteiger partial charge in [-0.2, -0.15) is 0 Å². The van der Waals surface area contributed by atoms with Gasteiger partial charge in [-0.3, -0.25) is 14.9 Å². The third-order valence-corrected chi connectivity index (χ3v) is 4.36. The van der Waals surface area contributed by atoms with Gasteiger partial charge in [0.25, 0.3) is 5.91 Å². The van der Waals surface area contributed by atoms with Crippen molar-refractivity contribution in [2.75, 3.05) is 19.8 Å². The van der Waals surface area contributed by atoms with Crippen molar-refractivity contribution in [3.05, 3.63) is 29.3 Å². The average molecular weight is 393 g/mol. The topological polar surface area (TPSA) is 128 Å². The number of benzene rings is 1. The Hall–Kier alpha value is -2.17. The third-order valence-electron chi connectivity index (χ3n) is 2.63. The summed E-state index contributed by atoms with van der Waals surface area (Å²) >= 11 is 5.68. The lowest BCUT2D eigenvalue weighted by atomic mass is 10.4. The molecule has 11 heteroatoms. The number of rotatable bonds is 8. The standard InChI is InChI=1S/C14H17ClN2O7S/c1-2-23-14(20)17-12(18)9-24-13(19)7-8-16-25(21,22)11-5-3-10(15)4-6-11/h3-6,16H,2,7-9H2,1H3,(H,17,18,20). The van der Waals surface area contributed by atoms with Gasteiger partial charge in [-0.15, -0.1) is 0 Å². The molecule has 0 fully saturated rings. The number of imide groups is 1. The maximum atomic E-state index is 12.0. The minimum Gasteiger partial charge on any atom is -0.456 e. The number of alkyl carbamates (subject to hydrolysis) is 1. The molecule has 9 nitrogen and oxygen atoms in total. The molecule has 1 aromatic carbocycles. The largest absolute Gasteiger partial charge is 0.456 e. The highest BCUT2D eigenvalue weighted by Crippen LogP contribution is 2.13. The molecule has 0 unspecified atom stereocenters. The van der Waals surface area contributed by atoms with Gasteiger partial charge in [0.05, 0.1) is 17.9 Å². The van der Waals surface area contributed by atoms with Gasteiger partial charge < -0.3 is 9.47 Å². The number of esters is 1. The number of amides is 2. The molecule has 0 saturated heterocycles. The van der Waals surface area contributed by atoms with Crippen molar-refractivity contribution in [2.24, 2.45) is 0 Å². The summed E-state index contributed by atoms with van der Waals surface area (Å²) in [6.45, 7) is 0.757. The van der Waals surface area contributed by atoms with Crippen LogP contribution in [0.4, 0.5) is 4.79 Å². The van der Waals surface area contributed by atoms with Gasteiger partial charge in [0.1, 0.15) is 0 Å². The first kappa shape index (κ1) is 20.9. The number of sulfonamides is 1. The Labute approximate surface area is 149 Å². The van der Waals surface area contributed by atoms with Crippen LogP contribution in [0, 0.1) is 0 Å². The molecule has 0 heterocycles. The van der Waals surface area contributed by atoms with Crippen molar-refractivity contribution in [1.82, 2.24) is 10.0 Å². The van der Waals surface area contributed by atoms with E-state index in [0.29, 0.717) is 5.02 Å². The van der Waals surface area contributed by atoms with Crippen molar-refractivity contribution in [2.45, 2.75) is 18.2 Å². The van der Waals surface area contributed by atoms with Gasteiger partial charge in [-0.25, -0.2) is 17.9 Å². The number of hydrogen-bond donors (Lipinski definition) is 2. The molecule has 0 saturated carbocycles. The molecule has 138 valence electrons. The average Bonchev–Trinajstić information content (AvgIpc) is 2.53. The molecule has 0 bridgehead atoms. The lowest BCUT2D eigenvalue weighted by Gasteiger charge is -2.07. The van der Waals surface area contributed by atoms with E-state index in [1.165, 1.54) is 24.3 Å². The highest BCUT2D eigenvalue weighted by atomic mass is 35.5. The minimum absolute atomic E-state index is 0.000850. The highest BCUT2D eigenvalue weighted by Gasteiger charge is 2.15. The van der Waals surface area contributed by atoms with Gasteiger partial charge in [-0.05, 0) is 31.2 Å². The Morgan fingerprint density at radius 3 is 2.36 bits per heavy atom. The fourth-order valence-corrected chi connectivity index (χ4v) is 2.68. The second-order valence-electron chi connectivity index (χ2n) is 4.53. The number of nitrogens with one attached hydrogen (secondary N) is 2. The molecule has 0 radical (unpaired) electrons. The first-order valence-electron chi connectivity index (χ1n) is 7.12. The molecule has 2 N–H and O–H groups in total. The van der Waals surface area contributed by atoms with E-state index in [4.69, 9.17) is 11.6 Å². The summed E-state index contributed by atoms with van der Waals surface area (Å²) < 4.78 is 35.2. The van der Waals surface area contributed by atoms with Gasteiger partial charge in [0.2, 0.25) is 10.0 Å². The SMILES string of the molecule is CCOC(=O)NC(=O)COC(=O)CCNS(=O)(=O)c1ccc(Cl)cc1. The molecular weight excluding hydrogens is 376 g/mol. The molecule has 0 aliphatic rings. The second kappa shape index (κ2) is 9.97. The first-order chi connectivity index (χ1) is 11.7. The van der Waals surface area contributed by atoms with E-state index in [9.17, 15) is 22.8 Å². The lowest BCUT2D eigenvalue weighted by Crippen LogP contribution is -2.35. The van der Waals surface area contributed by atoms with Crippen molar-refractivity contribution in [1.29, 1.82) is 0 Å². The van der Waals surface area contributed by atoms with Gasteiger partial charge in [0.15, 0.2) is 6.61 Å². The van der Waals surface area contributed by atoms with Crippen LogP contribution in [0.3, 0.4) is 0 Å². The van der Waals surface area contributed by atoms with E-state index < -0.39 is 34.6 Å². The van der Waals surface area contributed by atoms with Gasteiger partial charge in [0, 0.05) is 11.6 Å². The summed E-state index contributed by atoms with van der Waals surface area (Å²) in [6, 6.07) is 5.49. The van der Waals surface area contributed by atoms with E-state index >= 15 is 0 Å². The van der Waals surface area contributed by atoms with Crippen LogP contribution in [0.25, 0.3) is 0 Å². The summed E-state index contributed by atoms with van der Waals surface area (Å²) in [4.78, 5) is 33.7. The number of hydrogen-bond acceptors (Lipinski definition) is 7. The van der Waals surface area contributed by atoms with Crippen molar-refractivity contribution < 1.29 is 32.3 Å². The van der Waals surface area contributed by atoms with E-state index in [1.54, 1.807) is 6.92 Å². The minimum atomic E-state index is -3.78. The summed E-state index contributed by atoms with van der Waals surface area (Å²) in [5, 5.41) is 2.24. The van der Waals surface area contributed by atoms with Crippen LogP contribution >= 0.6 is 11.6 Å². The van der Waals surface area contributed by atoms with Crippen LogP contribution in [0.15, 0.2) is 29.2 Å². The Morgan fingerprint density at radius 1 is 1.12 bits per heavy atom. The Kier molecular flexibility index (Phi) is 8.32. The first-order valence-corrected chi connectivity index (χ1v) is 8.98. The Morgan fingerprint density at radius 2 is 1.76 bits per heavy atom. The summed E-state index contributed by atoms with van der Waals surface area (Å²) in [5.74, 6) is -1.66. The highest BCUT2D eigenvalue weighted by molar-refractivity contribution is 7.89. The van der Waals surface area contributed by atoms with Crippen LogP contribution in [-0.4, -0.2) is 46.1 Å². The molecule has 1 rings (SSSR count). The van der Waals surface area contributed by atoms with Crippen LogP contribution in [0.1, 0.15) is 13.3 Å². The maximum absolute atomic E-state index is 12.0. The maximum Gasteiger partial charge on any atom is 0.413 e. The molecule has 0 aliphatic heterocycles. The Balaban J connectivity index is 2.33. The predicted octanol–water partition coefficient (Wildman–Crippen LogP) is 0.824. The third kappa shape index (κ3) is 7.96. The van der Waals surface area contributed by atoms with Crippen LogP contribution < -0.4 is 10.0 Å². The van der Waals surface area contributed by atoms with Crippen molar-refractivity contribution >= 4 is 39.6 Å². The molecular formula is C14H17ClN2O7S. The quantitative estimate of drug-likeness (QED) is 0.627. The molecule has 0 atom stereocenters. The zero-order valence-electron chi connectivity index (χ0n) is 13.3. The molecule has 2 amide bonds. The number of carbonyl (C=O) groups excluding carboxylic acids is 3. The Bertz CT molecular complexity index is 719. The molecule has 25 heavy (non-hydrogen) atoms. The fraction of sp³-hybridized carbons (Fsp3) is 0.357. The second-order valence-corrected chi connectivity index (χ2v) is 6.73.